The Kier molecular flexibility index (Phi) is 4.82. The lowest BCUT2D eigenvalue weighted by molar-refractivity contribution is -0.129. The van der Waals surface area contributed by atoms with Gasteiger partial charge in [-0.3, -0.25) is 4.79 Å². The van der Waals surface area contributed by atoms with Crippen molar-refractivity contribution in [1.29, 1.82) is 0 Å². The van der Waals surface area contributed by atoms with E-state index in [1.54, 1.807) is 14.0 Å². The summed E-state index contributed by atoms with van der Waals surface area (Å²) in [6.45, 7) is 5.40. The minimum absolute atomic E-state index is 0.175. The molecule has 2 aliphatic rings. The van der Waals surface area contributed by atoms with Crippen molar-refractivity contribution in [3.8, 4) is 5.75 Å². The minimum Gasteiger partial charge on any atom is -0.497 e. The van der Waals surface area contributed by atoms with Crippen LogP contribution in [-0.2, 0) is 16.1 Å². The highest BCUT2D eigenvalue weighted by Crippen LogP contribution is 2.28. The zero-order valence-corrected chi connectivity index (χ0v) is 15.4. The highest BCUT2D eigenvalue weighted by molar-refractivity contribution is 5.78. The standard InChI is InChI=1S/C19H26N4O3/c1-13(24)22-7-5-14(6-8-22)20-10-15-11-26-12-19-21-17-9-16(25-2)3-4-18(17)23(15)19/h3-4,9,14-15,20H,5-8,10-12H2,1-2H3/t15-/m0/s1. The van der Waals surface area contributed by atoms with Crippen molar-refractivity contribution in [1.82, 2.24) is 19.8 Å². The van der Waals surface area contributed by atoms with Crippen molar-refractivity contribution in [2.75, 3.05) is 33.4 Å². The van der Waals surface area contributed by atoms with Crippen LogP contribution in [0.4, 0.5) is 0 Å². The number of amides is 1. The highest BCUT2D eigenvalue weighted by atomic mass is 16.5. The second-order valence-electron chi connectivity index (χ2n) is 7.11. The maximum absolute atomic E-state index is 11.5. The number of carbonyl (C=O) groups is 1. The first-order valence-corrected chi connectivity index (χ1v) is 9.27. The summed E-state index contributed by atoms with van der Waals surface area (Å²) in [5.41, 5.74) is 2.08. The average molecular weight is 358 g/mol. The van der Waals surface area contributed by atoms with E-state index in [1.165, 1.54) is 0 Å². The van der Waals surface area contributed by atoms with Gasteiger partial charge < -0.3 is 24.3 Å². The number of ether oxygens (including phenoxy) is 2. The number of piperidine rings is 1. The van der Waals surface area contributed by atoms with Crippen molar-refractivity contribution >= 4 is 16.9 Å². The topological polar surface area (TPSA) is 68.6 Å². The van der Waals surface area contributed by atoms with E-state index in [9.17, 15) is 4.79 Å². The Hall–Kier alpha value is -2.12. The number of nitrogens with one attached hydrogen (secondary N) is 1. The van der Waals surface area contributed by atoms with E-state index in [2.05, 4.69) is 16.0 Å². The molecule has 140 valence electrons. The molecular formula is C19H26N4O3. The van der Waals surface area contributed by atoms with Crippen LogP contribution in [0.25, 0.3) is 11.0 Å². The average Bonchev–Trinajstić information content (AvgIpc) is 3.04. The third-order valence-corrected chi connectivity index (χ3v) is 5.46. The predicted octanol–water partition coefficient (Wildman–Crippen LogP) is 1.72. The van der Waals surface area contributed by atoms with Gasteiger partial charge in [0.1, 0.15) is 18.2 Å². The maximum atomic E-state index is 11.5. The van der Waals surface area contributed by atoms with Gasteiger partial charge in [0.05, 0.1) is 30.8 Å². The van der Waals surface area contributed by atoms with E-state index in [-0.39, 0.29) is 11.9 Å². The summed E-state index contributed by atoms with van der Waals surface area (Å²) in [6, 6.07) is 6.71. The van der Waals surface area contributed by atoms with Crippen LogP contribution in [0.3, 0.4) is 0 Å². The van der Waals surface area contributed by atoms with Gasteiger partial charge in [-0.15, -0.1) is 0 Å². The van der Waals surface area contributed by atoms with Gasteiger partial charge in [-0.05, 0) is 25.0 Å². The molecule has 1 saturated heterocycles. The Bertz CT molecular complexity index is 795. The van der Waals surface area contributed by atoms with Crippen LogP contribution in [0.5, 0.6) is 5.75 Å². The van der Waals surface area contributed by atoms with Gasteiger partial charge in [0, 0.05) is 38.7 Å². The van der Waals surface area contributed by atoms with Gasteiger partial charge in [0.15, 0.2) is 0 Å². The molecule has 0 unspecified atom stereocenters. The molecule has 2 aliphatic heterocycles. The number of likely N-dealkylation sites (tertiary alicyclic amines) is 1. The monoisotopic (exact) mass is 358 g/mol. The number of methoxy groups -OCH3 is 1. The van der Waals surface area contributed by atoms with Crippen molar-refractivity contribution in [2.45, 2.75) is 38.5 Å². The van der Waals surface area contributed by atoms with E-state index < -0.39 is 0 Å². The Morgan fingerprint density at radius 1 is 1.38 bits per heavy atom. The molecule has 2 aromatic rings. The van der Waals surface area contributed by atoms with Crippen LogP contribution >= 0.6 is 0 Å². The van der Waals surface area contributed by atoms with Crippen LogP contribution in [-0.4, -0.2) is 59.8 Å². The molecule has 1 aromatic carbocycles. The smallest absolute Gasteiger partial charge is 0.219 e. The Morgan fingerprint density at radius 3 is 2.92 bits per heavy atom. The maximum Gasteiger partial charge on any atom is 0.219 e. The number of rotatable bonds is 4. The first-order valence-electron chi connectivity index (χ1n) is 9.27. The summed E-state index contributed by atoms with van der Waals surface area (Å²) >= 11 is 0. The Labute approximate surface area is 153 Å². The summed E-state index contributed by atoms with van der Waals surface area (Å²) in [7, 11) is 1.67. The van der Waals surface area contributed by atoms with Crippen LogP contribution in [0.15, 0.2) is 18.2 Å². The number of hydrogen-bond acceptors (Lipinski definition) is 5. The third kappa shape index (κ3) is 3.29. The molecule has 1 amide bonds. The molecule has 3 heterocycles. The first kappa shape index (κ1) is 17.3. The van der Waals surface area contributed by atoms with E-state index in [4.69, 9.17) is 14.5 Å². The fourth-order valence-corrected chi connectivity index (χ4v) is 3.98. The minimum atomic E-state index is 0.175. The van der Waals surface area contributed by atoms with Crippen molar-refractivity contribution in [2.24, 2.45) is 0 Å². The molecule has 0 saturated carbocycles. The molecule has 1 N–H and O–H groups in total. The third-order valence-electron chi connectivity index (χ3n) is 5.46. The van der Waals surface area contributed by atoms with Gasteiger partial charge in [-0.2, -0.15) is 0 Å². The number of fused-ring (bicyclic) bond motifs is 3. The molecule has 7 nitrogen and oxygen atoms in total. The van der Waals surface area contributed by atoms with Crippen LogP contribution < -0.4 is 10.1 Å². The predicted molar refractivity (Wildman–Crippen MR) is 98.3 cm³/mol. The Balaban J connectivity index is 1.45. The van der Waals surface area contributed by atoms with Crippen molar-refractivity contribution in [3.63, 3.8) is 0 Å². The summed E-state index contributed by atoms with van der Waals surface area (Å²) in [5.74, 6) is 1.97. The van der Waals surface area contributed by atoms with Gasteiger partial charge >= 0.3 is 0 Å². The van der Waals surface area contributed by atoms with E-state index in [0.717, 1.165) is 55.1 Å². The number of imidazole rings is 1. The number of aromatic nitrogens is 2. The van der Waals surface area contributed by atoms with Gasteiger partial charge in [-0.25, -0.2) is 4.98 Å². The van der Waals surface area contributed by atoms with Crippen LogP contribution in [0, 0.1) is 0 Å². The fraction of sp³-hybridized carbons (Fsp3) is 0.579. The second kappa shape index (κ2) is 7.25. The SMILES string of the molecule is COc1ccc2c(c1)nc1n2[C@@H](CNC2CCN(C(C)=O)CC2)COC1. The molecule has 1 fully saturated rings. The second-order valence-corrected chi connectivity index (χ2v) is 7.11. The molecule has 0 radical (unpaired) electrons. The van der Waals surface area contributed by atoms with Crippen molar-refractivity contribution in [3.05, 3.63) is 24.0 Å². The zero-order valence-electron chi connectivity index (χ0n) is 15.4. The van der Waals surface area contributed by atoms with Gasteiger partial charge in [0.2, 0.25) is 5.91 Å². The van der Waals surface area contributed by atoms with E-state index in [0.29, 0.717) is 19.3 Å². The summed E-state index contributed by atoms with van der Waals surface area (Å²) < 4.78 is 13.4. The molecule has 26 heavy (non-hydrogen) atoms. The lowest BCUT2D eigenvalue weighted by Gasteiger charge is -2.33. The molecule has 7 heteroatoms. The van der Waals surface area contributed by atoms with Crippen LogP contribution in [0.2, 0.25) is 0 Å². The highest BCUT2D eigenvalue weighted by Gasteiger charge is 2.26. The molecule has 4 rings (SSSR count). The number of hydrogen-bond donors (Lipinski definition) is 1. The molecule has 1 aromatic heterocycles. The molecule has 0 bridgehead atoms. The number of benzene rings is 1. The zero-order chi connectivity index (χ0) is 18.1. The number of nitrogens with zero attached hydrogens (tertiary/aromatic N) is 3. The quantitative estimate of drug-likeness (QED) is 0.901. The molecule has 0 spiro atoms. The van der Waals surface area contributed by atoms with Gasteiger partial charge in [-0.1, -0.05) is 0 Å². The largest absolute Gasteiger partial charge is 0.497 e. The van der Waals surface area contributed by atoms with Crippen LogP contribution in [0.1, 0.15) is 31.6 Å². The molecule has 1 atom stereocenters. The summed E-state index contributed by atoms with van der Waals surface area (Å²) in [6.07, 6.45) is 2.00. The summed E-state index contributed by atoms with van der Waals surface area (Å²) in [4.78, 5) is 18.1. The lowest BCUT2D eigenvalue weighted by Crippen LogP contribution is -2.46. The van der Waals surface area contributed by atoms with Gasteiger partial charge in [0.25, 0.3) is 0 Å². The normalized spacial score (nSPS) is 21.0. The molecule has 0 aliphatic carbocycles. The summed E-state index contributed by atoms with van der Waals surface area (Å²) in [5, 5.41) is 3.68. The van der Waals surface area contributed by atoms with E-state index >= 15 is 0 Å². The number of carbonyl (C=O) groups excluding carboxylic acids is 1. The fourth-order valence-electron chi connectivity index (χ4n) is 3.98. The van der Waals surface area contributed by atoms with Crippen molar-refractivity contribution < 1.29 is 14.3 Å². The lowest BCUT2D eigenvalue weighted by atomic mass is 10.0. The Morgan fingerprint density at radius 2 is 2.19 bits per heavy atom. The first-order chi connectivity index (χ1) is 12.7. The molecular weight excluding hydrogens is 332 g/mol. The van der Waals surface area contributed by atoms with E-state index in [1.807, 2.05) is 17.0 Å².